The molecule has 0 bridgehead atoms. The molecule has 7 nitrogen and oxygen atoms in total. The maximum atomic E-state index is 13.4. The highest BCUT2D eigenvalue weighted by atomic mass is 35.5. The van der Waals surface area contributed by atoms with E-state index in [0.29, 0.717) is 23.2 Å². The number of likely N-dealkylation sites (tertiary alicyclic amines) is 1. The standard InChI is InChI=1S/C23H25ClN6O/c1-15-12-26-19(14-25-15)22(31)30-10-5-4-9-20(30)21-18(13-27-23(28-21)29(2)3)16-7-6-8-17(24)11-16/h6-8,11-14,20H,4-5,9-10H2,1-3H3. The number of halogens is 1. The van der Waals surface area contributed by atoms with Gasteiger partial charge in [0.25, 0.3) is 5.91 Å². The molecule has 0 radical (unpaired) electrons. The van der Waals surface area contributed by atoms with Gasteiger partial charge in [0.1, 0.15) is 5.69 Å². The summed E-state index contributed by atoms with van der Waals surface area (Å²) in [7, 11) is 3.81. The summed E-state index contributed by atoms with van der Waals surface area (Å²) in [5, 5.41) is 0.645. The third-order valence-corrected chi connectivity index (χ3v) is 5.66. The molecule has 1 atom stereocenters. The maximum absolute atomic E-state index is 13.4. The predicted molar refractivity (Wildman–Crippen MR) is 121 cm³/mol. The van der Waals surface area contributed by atoms with Gasteiger partial charge in [0.05, 0.1) is 23.6 Å². The van der Waals surface area contributed by atoms with Gasteiger partial charge in [-0.25, -0.2) is 15.0 Å². The number of aromatic nitrogens is 4. The van der Waals surface area contributed by atoms with Crippen molar-refractivity contribution in [3.63, 3.8) is 0 Å². The summed E-state index contributed by atoms with van der Waals surface area (Å²) in [5.74, 6) is 0.480. The molecule has 1 fully saturated rings. The number of benzene rings is 1. The van der Waals surface area contributed by atoms with Crippen molar-refractivity contribution >= 4 is 23.5 Å². The zero-order valence-electron chi connectivity index (χ0n) is 17.9. The van der Waals surface area contributed by atoms with Gasteiger partial charge in [0.2, 0.25) is 5.95 Å². The Bertz CT molecular complexity index is 1090. The van der Waals surface area contributed by atoms with Gasteiger partial charge in [-0.2, -0.15) is 0 Å². The largest absolute Gasteiger partial charge is 0.347 e. The Labute approximate surface area is 187 Å². The highest BCUT2D eigenvalue weighted by Crippen LogP contribution is 2.37. The molecule has 0 spiro atoms. The number of anilines is 1. The monoisotopic (exact) mass is 436 g/mol. The second-order valence-corrected chi connectivity index (χ2v) is 8.36. The summed E-state index contributed by atoms with van der Waals surface area (Å²) in [6.45, 7) is 2.50. The van der Waals surface area contributed by atoms with Crippen molar-refractivity contribution in [3.8, 4) is 11.1 Å². The molecule has 1 unspecified atom stereocenters. The van der Waals surface area contributed by atoms with E-state index in [0.717, 1.165) is 41.8 Å². The van der Waals surface area contributed by atoms with Crippen molar-refractivity contribution in [2.24, 2.45) is 0 Å². The van der Waals surface area contributed by atoms with Crippen molar-refractivity contribution < 1.29 is 4.79 Å². The van der Waals surface area contributed by atoms with Gasteiger partial charge in [0, 0.05) is 43.6 Å². The second kappa shape index (κ2) is 8.98. The van der Waals surface area contributed by atoms with E-state index in [-0.39, 0.29) is 11.9 Å². The number of carbonyl (C=O) groups is 1. The molecule has 0 N–H and O–H groups in total. The van der Waals surface area contributed by atoms with Crippen molar-refractivity contribution in [2.45, 2.75) is 32.2 Å². The first kappa shape index (κ1) is 21.2. The molecule has 1 aromatic carbocycles. The number of nitrogens with zero attached hydrogens (tertiary/aromatic N) is 6. The van der Waals surface area contributed by atoms with Crippen LogP contribution < -0.4 is 4.90 Å². The smallest absolute Gasteiger partial charge is 0.274 e. The molecule has 3 heterocycles. The molecule has 4 rings (SSSR count). The van der Waals surface area contributed by atoms with Crippen LogP contribution in [0.1, 0.15) is 47.2 Å². The Morgan fingerprint density at radius 3 is 2.68 bits per heavy atom. The van der Waals surface area contributed by atoms with E-state index in [1.165, 1.54) is 0 Å². The van der Waals surface area contributed by atoms with Crippen LogP contribution in [0.15, 0.2) is 42.9 Å². The number of piperidine rings is 1. The lowest BCUT2D eigenvalue weighted by Crippen LogP contribution is -2.39. The van der Waals surface area contributed by atoms with Gasteiger partial charge < -0.3 is 9.80 Å². The molecule has 1 saturated heterocycles. The van der Waals surface area contributed by atoms with Gasteiger partial charge in [0.15, 0.2) is 0 Å². The third-order valence-electron chi connectivity index (χ3n) is 5.42. The van der Waals surface area contributed by atoms with Gasteiger partial charge in [-0.05, 0) is 43.9 Å². The average molecular weight is 437 g/mol. The summed E-state index contributed by atoms with van der Waals surface area (Å²) >= 11 is 6.26. The van der Waals surface area contributed by atoms with Gasteiger partial charge in [-0.1, -0.05) is 23.7 Å². The summed E-state index contributed by atoms with van der Waals surface area (Å²) in [6, 6.07) is 7.46. The van der Waals surface area contributed by atoms with Crippen molar-refractivity contribution in [3.05, 3.63) is 65.0 Å². The number of amides is 1. The minimum atomic E-state index is -0.181. The van der Waals surface area contributed by atoms with E-state index >= 15 is 0 Å². The quantitative estimate of drug-likeness (QED) is 0.606. The first-order chi connectivity index (χ1) is 14.9. The molecule has 1 amide bonds. The van der Waals surface area contributed by atoms with Crippen molar-refractivity contribution in [1.82, 2.24) is 24.8 Å². The number of aryl methyl sites for hydroxylation is 1. The van der Waals surface area contributed by atoms with Crippen LogP contribution in [-0.4, -0.2) is 51.4 Å². The normalized spacial score (nSPS) is 16.3. The Morgan fingerprint density at radius 1 is 1.13 bits per heavy atom. The van der Waals surface area contributed by atoms with Crippen LogP contribution >= 0.6 is 11.6 Å². The van der Waals surface area contributed by atoms with Crippen molar-refractivity contribution in [2.75, 3.05) is 25.5 Å². The highest BCUT2D eigenvalue weighted by molar-refractivity contribution is 6.30. The Hall–Kier alpha value is -3.06. The molecule has 160 valence electrons. The molecular weight excluding hydrogens is 412 g/mol. The molecular formula is C23H25ClN6O. The molecule has 1 aliphatic heterocycles. The van der Waals surface area contributed by atoms with E-state index < -0.39 is 0 Å². The minimum Gasteiger partial charge on any atom is -0.347 e. The van der Waals surface area contributed by atoms with E-state index in [2.05, 4.69) is 15.0 Å². The summed E-state index contributed by atoms with van der Waals surface area (Å²) in [4.78, 5) is 35.1. The first-order valence-corrected chi connectivity index (χ1v) is 10.7. The average Bonchev–Trinajstić information content (AvgIpc) is 2.78. The zero-order valence-corrected chi connectivity index (χ0v) is 18.7. The van der Waals surface area contributed by atoms with Crippen LogP contribution in [0.25, 0.3) is 11.1 Å². The topological polar surface area (TPSA) is 75.1 Å². The third kappa shape index (κ3) is 4.51. The second-order valence-electron chi connectivity index (χ2n) is 7.93. The van der Waals surface area contributed by atoms with E-state index in [9.17, 15) is 4.79 Å². The highest BCUT2D eigenvalue weighted by Gasteiger charge is 2.33. The lowest BCUT2D eigenvalue weighted by atomic mass is 9.93. The number of hydrogen-bond donors (Lipinski definition) is 0. The van der Waals surface area contributed by atoms with Crippen LogP contribution in [0.5, 0.6) is 0 Å². The van der Waals surface area contributed by atoms with Crippen LogP contribution in [0.2, 0.25) is 5.02 Å². The number of hydrogen-bond acceptors (Lipinski definition) is 6. The summed E-state index contributed by atoms with van der Waals surface area (Å²) in [6.07, 6.45) is 7.78. The van der Waals surface area contributed by atoms with Crippen molar-refractivity contribution in [1.29, 1.82) is 0 Å². The van der Waals surface area contributed by atoms with Crippen LogP contribution in [-0.2, 0) is 0 Å². The molecule has 0 aliphatic carbocycles. The Kier molecular flexibility index (Phi) is 6.13. The molecule has 2 aromatic heterocycles. The minimum absolute atomic E-state index is 0.126. The Balaban J connectivity index is 1.80. The molecule has 8 heteroatoms. The van der Waals surface area contributed by atoms with Gasteiger partial charge in [-0.15, -0.1) is 0 Å². The van der Waals surface area contributed by atoms with E-state index in [1.54, 1.807) is 12.4 Å². The first-order valence-electron chi connectivity index (χ1n) is 10.3. The van der Waals surface area contributed by atoms with Crippen LogP contribution in [0.3, 0.4) is 0 Å². The lowest BCUT2D eigenvalue weighted by Gasteiger charge is -2.36. The molecule has 1 aliphatic rings. The van der Waals surface area contributed by atoms with E-state index in [1.807, 2.05) is 61.3 Å². The van der Waals surface area contributed by atoms with Crippen LogP contribution in [0.4, 0.5) is 5.95 Å². The SMILES string of the molecule is Cc1cnc(C(=O)N2CCCCC2c2nc(N(C)C)ncc2-c2cccc(Cl)c2)cn1. The fourth-order valence-electron chi connectivity index (χ4n) is 3.84. The predicted octanol–water partition coefficient (Wildman–Crippen LogP) is 4.33. The van der Waals surface area contributed by atoms with Gasteiger partial charge >= 0.3 is 0 Å². The van der Waals surface area contributed by atoms with Gasteiger partial charge in [-0.3, -0.25) is 9.78 Å². The zero-order chi connectivity index (χ0) is 22.0. The fraction of sp³-hybridized carbons (Fsp3) is 0.348. The summed E-state index contributed by atoms with van der Waals surface area (Å²) in [5.41, 5.74) is 3.77. The number of carbonyl (C=O) groups excluding carboxylic acids is 1. The summed E-state index contributed by atoms with van der Waals surface area (Å²) < 4.78 is 0. The maximum Gasteiger partial charge on any atom is 0.274 e. The van der Waals surface area contributed by atoms with E-state index in [4.69, 9.17) is 16.6 Å². The van der Waals surface area contributed by atoms with Crippen LogP contribution in [0, 0.1) is 6.92 Å². The Morgan fingerprint density at radius 2 is 1.97 bits per heavy atom. The lowest BCUT2D eigenvalue weighted by molar-refractivity contribution is 0.0600. The fourth-order valence-corrected chi connectivity index (χ4v) is 4.03. The molecule has 31 heavy (non-hydrogen) atoms. The molecule has 0 saturated carbocycles. The molecule has 3 aromatic rings. The number of rotatable bonds is 4.